The van der Waals surface area contributed by atoms with E-state index in [0.717, 1.165) is 48.5 Å². The minimum Gasteiger partial charge on any atom is -0.357 e. The zero-order valence-corrected chi connectivity index (χ0v) is 26.9. The van der Waals surface area contributed by atoms with Crippen molar-refractivity contribution in [1.29, 1.82) is 0 Å². The first-order valence-corrected chi connectivity index (χ1v) is 13.7. The van der Waals surface area contributed by atoms with E-state index in [9.17, 15) is 0 Å². The molecule has 49 heavy (non-hydrogen) atoms. The summed E-state index contributed by atoms with van der Waals surface area (Å²) in [7, 11) is 0. The van der Waals surface area contributed by atoms with Crippen LogP contribution in [0.2, 0.25) is 0 Å². The molecule has 8 nitrogen and oxygen atoms in total. The molecule has 0 atom stereocenters. The van der Waals surface area contributed by atoms with Crippen molar-refractivity contribution in [1.82, 2.24) is 39.9 Å². The van der Waals surface area contributed by atoms with Gasteiger partial charge in [-0.15, -0.1) is 0 Å². The van der Waals surface area contributed by atoms with Crippen LogP contribution < -0.4 is 9.97 Å². The van der Waals surface area contributed by atoms with Crippen LogP contribution in [0, 0.1) is 46.5 Å². The van der Waals surface area contributed by atoms with Gasteiger partial charge in [0.2, 0.25) is 0 Å². The normalized spacial score (nSPS) is 11.9. The quantitative estimate of drug-likeness (QED) is 0.119. The molecule has 17 heteroatoms. The van der Waals surface area contributed by atoms with Gasteiger partial charge in [-0.1, -0.05) is 0 Å². The van der Waals surface area contributed by atoms with Crippen LogP contribution in [0.4, 0.5) is 35.1 Å². The number of rotatable bonds is 0. The van der Waals surface area contributed by atoms with Gasteiger partial charge in [-0.25, -0.2) is 45.1 Å². The fourth-order valence-electron chi connectivity index (χ4n) is 5.85. The summed E-state index contributed by atoms with van der Waals surface area (Å²) in [4.78, 5) is 33.0. The van der Waals surface area contributed by atoms with Crippen LogP contribution in [0.15, 0.2) is 48.5 Å². The van der Waals surface area contributed by atoms with Crippen molar-refractivity contribution in [2.45, 2.75) is 0 Å². The molecule has 3 aromatic heterocycles. The first-order chi connectivity index (χ1) is 23.1. The molecule has 0 saturated heterocycles. The third-order valence-corrected chi connectivity index (χ3v) is 7.90. The number of hydrogen-bond donors (Lipinski definition) is 0. The number of nitrogens with zero attached hydrogens (tertiary/aromatic N) is 8. The second-order valence-electron chi connectivity index (χ2n) is 10.6. The van der Waals surface area contributed by atoms with Gasteiger partial charge in [-0.05, 0) is 48.5 Å². The average molecular weight is 722 g/mol. The predicted molar refractivity (Wildman–Crippen MR) is 154 cm³/mol. The van der Waals surface area contributed by atoms with Crippen molar-refractivity contribution >= 4 is 44.1 Å². The first kappa shape index (κ1) is 30.6. The molecule has 0 unspecified atom stereocenters. The monoisotopic (exact) mass is 720 g/mol. The van der Waals surface area contributed by atoms with Crippen LogP contribution in [-0.4, -0.2) is 29.9 Å². The SMILES string of the molecule is Fc1ccc(F)c2c1-c1nc-2nc2[n-]c(nc3nc(nc4[n-]c(n1)c1c(F)ccc(F)c41)-c1c(F)ccc(F)c1-3)c1c(F)ccc(F)c21.[Zn+2]. The Balaban J connectivity index is 0.00000348. The van der Waals surface area contributed by atoms with Crippen molar-refractivity contribution in [2.24, 2.45) is 0 Å². The smallest absolute Gasteiger partial charge is 0.357 e. The van der Waals surface area contributed by atoms with Crippen LogP contribution in [0.1, 0.15) is 0 Å². The Hall–Kier alpha value is -5.70. The molecular formula is C32H8F8N8Zn. The summed E-state index contributed by atoms with van der Waals surface area (Å²) >= 11 is 0. The molecule has 2 aliphatic heterocycles. The van der Waals surface area contributed by atoms with Crippen LogP contribution in [0.5, 0.6) is 0 Å². The van der Waals surface area contributed by atoms with E-state index in [4.69, 9.17) is 0 Å². The maximum atomic E-state index is 15.3. The molecule has 0 radical (unpaired) electrons. The van der Waals surface area contributed by atoms with Crippen molar-refractivity contribution in [2.75, 3.05) is 0 Å². The summed E-state index contributed by atoms with van der Waals surface area (Å²) in [5.74, 6) is -10.8. The molecule has 4 aromatic carbocycles. The van der Waals surface area contributed by atoms with E-state index >= 15 is 35.1 Å². The Morgan fingerprint density at radius 1 is 0.306 bits per heavy atom. The van der Waals surface area contributed by atoms with E-state index in [1.807, 2.05) is 0 Å². The van der Waals surface area contributed by atoms with Gasteiger partial charge in [0.25, 0.3) is 0 Å². The van der Waals surface area contributed by atoms with Gasteiger partial charge in [-0.3, -0.25) is 0 Å². The Morgan fingerprint density at radius 2 is 0.510 bits per heavy atom. The number of fused-ring (bicyclic) bond motifs is 20. The zero-order valence-electron chi connectivity index (χ0n) is 23.9. The van der Waals surface area contributed by atoms with Gasteiger partial charge in [0.05, 0.1) is 45.6 Å². The van der Waals surface area contributed by atoms with Crippen molar-refractivity contribution in [3.63, 3.8) is 0 Å². The fourth-order valence-corrected chi connectivity index (χ4v) is 5.85. The Bertz CT molecular complexity index is 2430. The second-order valence-corrected chi connectivity index (χ2v) is 10.6. The van der Waals surface area contributed by atoms with E-state index in [1.165, 1.54) is 0 Å². The van der Waals surface area contributed by atoms with Crippen LogP contribution in [0.25, 0.3) is 89.7 Å². The largest absolute Gasteiger partial charge is 2.00 e. The van der Waals surface area contributed by atoms with Gasteiger partial charge in [0.1, 0.15) is 46.5 Å². The van der Waals surface area contributed by atoms with Gasteiger partial charge in [-0.2, -0.15) is 0 Å². The van der Waals surface area contributed by atoms with Crippen molar-refractivity contribution < 1.29 is 54.6 Å². The summed E-state index contributed by atoms with van der Waals surface area (Å²) in [6.45, 7) is 0. The third-order valence-electron chi connectivity index (χ3n) is 7.90. The van der Waals surface area contributed by atoms with Crippen LogP contribution >= 0.6 is 0 Å². The maximum Gasteiger partial charge on any atom is 2.00 e. The van der Waals surface area contributed by atoms with Gasteiger partial charge >= 0.3 is 19.5 Å². The van der Waals surface area contributed by atoms with E-state index in [1.54, 1.807) is 0 Å². The molecular weight excluding hydrogens is 714 g/mol. The van der Waals surface area contributed by atoms with Crippen molar-refractivity contribution in [3.05, 3.63) is 95.1 Å². The molecule has 5 heterocycles. The number of aromatic nitrogens is 8. The molecule has 0 aliphatic carbocycles. The predicted octanol–water partition coefficient (Wildman–Crippen LogP) is 7.24. The Morgan fingerprint density at radius 3 is 0.735 bits per heavy atom. The number of hydrogen-bond acceptors (Lipinski definition) is 6. The summed E-state index contributed by atoms with van der Waals surface area (Å²) in [6, 6.07) is 6.12. The molecule has 2 aliphatic rings. The minimum atomic E-state index is -1.05. The Labute approximate surface area is 278 Å². The van der Waals surface area contributed by atoms with Gasteiger partial charge in [0.15, 0.2) is 0 Å². The summed E-state index contributed by atoms with van der Waals surface area (Å²) in [6.07, 6.45) is 0. The fraction of sp³-hybridized carbons (Fsp3) is 0. The topological polar surface area (TPSA) is 106 Å². The molecule has 0 saturated carbocycles. The summed E-state index contributed by atoms with van der Waals surface area (Å²) in [5, 5.41) is -2.21. The van der Waals surface area contributed by atoms with E-state index < -0.39 is 136 Å². The van der Waals surface area contributed by atoms with Crippen LogP contribution in [0.3, 0.4) is 0 Å². The zero-order chi connectivity index (χ0) is 33.2. The van der Waals surface area contributed by atoms with E-state index in [-0.39, 0.29) is 19.5 Å². The average Bonchev–Trinajstić information content (AvgIpc) is 3.80. The van der Waals surface area contributed by atoms with Gasteiger partial charge < -0.3 is 29.9 Å². The van der Waals surface area contributed by atoms with Gasteiger partial charge in [0, 0.05) is 44.1 Å². The van der Waals surface area contributed by atoms with Crippen LogP contribution in [-0.2, 0) is 19.5 Å². The standard InChI is InChI=1S/C32H8F8N8.Zn/c33-9-1-2-10(34)18-17(9)25-41-26(18)46-28-21-13(37)5-6-14(38)22(21)30(43-28)48-32-24-16(40)8-7-15(39)23(24)31(44-32)47-29-20-12(36)4-3-11(35)19(20)27(42-29)45-25;/h1-8H;/q-2;+2. The first-order valence-electron chi connectivity index (χ1n) is 13.7. The summed E-state index contributed by atoms with van der Waals surface area (Å²) in [5.41, 5.74) is -4.59. The molecule has 0 amide bonds. The number of halogens is 8. The minimum absolute atomic E-state index is 0. The third kappa shape index (κ3) is 4.31. The second kappa shape index (κ2) is 10.7. The van der Waals surface area contributed by atoms with E-state index in [2.05, 4.69) is 39.9 Å². The maximum absolute atomic E-state index is 15.3. The Kier molecular flexibility index (Phi) is 6.66. The molecule has 8 bridgehead atoms. The van der Waals surface area contributed by atoms with E-state index in [0.29, 0.717) is 0 Å². The molecule has 9 rings (SSSR count). The molecule has 7 aromatic rings. The molecule has 0 N–H and O–H groups in total. The van der Waals surface area contributed by atoms with Crippen molar-refractivity contribution in [3.8, 4) is 45.6 Å². The summed E-state index contributed by atoms with van der Waals surface area (Å²) < 4.78 is 122. The molecule has 0 spiro atoms. The number of benzene rings is 4. The molecule has 234 valence electrons. The molecule has 0 fully saturated rings.